The summed E-state index contributed by atoms with van der Waals surface area (Å²) in [6, 6.07) is 16.6. The van der Waals surface area contributed by atoms with Gasteiger partial charge in [-0.25, -0.2) is 22.8 Å². The second kappa shape index (κ2) is 6.87. The lowest BCUT2D eigenvalue weighted by Crippen LogP contribution is -2.03. The molecule has 27 heavy (non-hydrogen) atoms. The minimum absolute atomic E-state index is 0.115. The van der Waals surface area contributed by atoms with Crippen LogP contribution in [0.15, 0.2) is 60.7 Å². The van der Waals surface area contributed by atoms with Crippen molar-refractivity contribution in [3.05, 3.63) is 83.3 Å². The highest BCUT2D eigenvalue weighted by molar-refractivity contribution is 5.85. The van der Waals surface area contributed by atoms with Crippen LogP contribution in [0.5, 0.6) is 0 Å². The van der Waals surface area contributed by atoms with Crippen molar-refractivity contribution < 1.29 is 13.2 Å². The maximum atomic E-state index is 13.7. The van der Waals surface area contributed by atoms with Gasteiger partial charge in [0.15, 0.2) is 5.65 Å². The Morgan fingerprint density at radius 3 is 2.37 bits per heavy atom. The Kier molecular flexibility index (Phi) is 4.39. The first-order valence-corrected chi connectivity index (χ1v) is 8.49. The van der Waals surface area contributed by atoms with Crippen molar-refractivity contribution in [2.24, 2.45) is 0 Å². The van der Waals surface area contributed by atoms with Crippen LogP contribution < -0.4 is 0 Å². The van der Waals surface area contributed by atoms with E-state index in [2.05, 4.69) is 10.1 Å². The summed E-state index contributed by atoms with van der Waals surface area (Å²) in [4.78, 5) is 4.58. The number of nitrogens with zero attached hydrogens (tertiary/aromatic N) is 3. The zero-order valence-corrected chi connectivity index (χ0v) is 14.5. The van der Waals surface area contributed by atoms with Crippen LogP contribution in [-0.2, 0) is 6.54 Å². The normalized spacial score (nSPS) is 11.4. The van der Waals surface area contributed by atoms with Crippen LogP contribution in [0.4, 0.5) is 13.2 Å². The van der Waals surface area contributed by atoms with Crippen LogP contribution >= 0.6 is 0 Å². The van der Waals surface area contributed by atoms with Crippen molar-refractivity contribution in [3.63, 3.8) is 0 Å². The van der Waals surface area contributed by atoms with E-state index >= 15 is 0 Å². The zero-order chi connectivity index (χ0) is 19.0. The van der Waals surface area contributed by atoms with Gasteiger partial charge >= 0.3 is 0 Å². The largest absolute Gasteiger partial charge is 0.264 e. The quantitative estimate of drug-likeness (QED) is 0.475. The molecule has 4 rings (SSSR count). The number of pyridine rings is 1. The van der Waals surface area contributed by atoms with E-state index in [9.17, 15) is 13.2 Å². The molecule has 2 heterocycles. The molecule has 6 heteroatoms. The minimum atomic E-state index is -2.66. The molecule has 0 amide bonds. The number of benzene rings is 2. The van der Waals surface area contributed by atoms with Gasteiger partial charge in [-0.05, 0) is 42.8 Å². The van der Waals surface area contributed by atoms with Gasteiger partial charge in [-0.15, -0.1) is 0 Å². The average molecular weight is 367 g/mol. The second-order valence-electron chi connectivity index (χ2n) is 6.33. The summed E-state index contributed by atoms with van der Waals surface area (Å²) in [7, 11) is 0. The van der Waals surface area contributed by atoms with E-state index in [4.69, 9.17) is 0 Å². The maximum absolute atomic E-state index is 13.7. The number of fused-ring (bicyclic) bond motifs is 1. The van der Waals surface area contributed by atoms with E-state index in [0.29, 0.717) is 34.5 Å². The van der Waals surface area contributed by atoms with E-state index in [0.717, 1.165) is 5.56 Å². The number of hydrogen-bond acceptors (Lipinski definition) is 2. The Bertz CT molecular complexity index is 1090. The minimum Gasteiger partial charge on any atom is -0.243 e. The van der Waals surface area contributed by atoms with Gasteiger partial charge < -0.3 is 0 Å². The van der Waals surface area contributed by atoms with Crippen molar-refractivity contribution in [1.29, 1.82) is 0 Å². The molecule has 0 fully saturated rings. The third-order valence-electron chi connectivity index (χ3n) is 4.46. The predicted molar refractivity (Wildman–Crippen MR) is 98.2 cm³/mol. The van der Waals surface area contributed by atoms with E-state index in [1.807, 2.05) is 30.3 Å². The SMILES string of the molecule is Cc1nn(Cc2ccccc2)c2nc(-c3ccc(F)cc3)cc(C(F)F)c12. The van der Waals surface area contributed by atoms with E-state index in [1.54, 1.807) is 11.6 Å². The van der Waals surface area contributed by atoms with Gasteiger partial charge in [-0.3, -0.25) is 0 Å². The van der Waals surface area contributed by atoms with Crippen molar-refractivity contribution >= 4 is 11.0 Å². The van der Waals surface area contributed by atoms with Gasteiger partial charge in [0, 0.05) is 11.1 Å². The molecule has 2 aromatic carbocycles. The van der Waals surface area contributed by atoms with Gasteiger partial charge in [0.1, 0.15) is 5.82 Å². The Labute approximate surface area is 154 Å². The van der Waals surface area contributed by atoms with Crippen LogP contribution in [0.3, 0.4) is 0 Å². The lowest BCUT2D eigenvalue weighted by Gasteiger charge is -2.09. The highest BCUT2D eigenvalue weighted by Gasteiger charge is 2.21. The topological polar surface area (TPSA) is 30.7 Å². The average Bonchev–Trinajstić information content (AvgIpc) is 2.98. The molecule has 136 valence electrons. The standard InChI is InChI=1S/C21H16F3N3/c1-13-19-17(20(23)24)11-18(15-7-9-16(22)10-8-15)25-21(19)27(26-13)12-14-5-3-2-4-6-14/h2-11,20H,12H2,1H3. The molecule has 0 aliphatic rings. The number of halogens is 3. The van der Waals surface area contributed by atoms with Crippen LogP contribution in [0, 0.1) is 12.7 Å². The lowest BCUT2D eigenvalue weighted by atomic mass is 10.1. The number of aromatic nitrogens is 3. The van der Waals surface area contributed by atoms with E-state index < -0.39 is 6.43 Å². The van der Waals surface area contributed by atoms with Crippen molar-refractivity contribution in [2.75, 3.05) is 0 Å². The molecule has 0 saturated heterocycles. The molecule has 0 bridgehead atoms. The summed E-state index contributed by atoms with van der Waals surface area (Å²) in [5, 5.41) is 4.81. The first-order chi connectivity index (χ1) is 13.0. The summed E-state index contributed by atoms with van der Waals surface area (Å²) in [6.07, 6.45) is -2.66. The Morgan fingerprint density at radius 2 is 1.70 bits per heavy atom. The summed E-state index contributed by atoms with van der Waals surface area (Å²) in [5.74, 6) is -0.390. The maximum Gasteiger partial charge on any atom is 0.264 e. The van der Waals surface area contributed by atoms with Crippen molar-refractivity contribution in [1.82, 2.24) is 14.8 Å². The summed E-state index contributed by atoms with van der Waals surface area (Å²) in [6.45, 7) is 2.13. The zero-order valence-electron chi connectivity index (χ0n) is 14.5. The van der Waals surface area contributed by atoms with Crippen LogP contribution in [0.2, 0.25) is 0 Å². The summed E-state index contributed by atoms with van der Waals surface area (Å²) < 4.78 is 42.4. The highest BCUT2D eigenvalue weighted by atomic mass is 19.3. The number of alkyl halides is 2. The fourth-order valence-electron chi connectivity index (χ4n) is 3.19. The molecule has 0 aliphatic heterocycles. The molecule has 0 spiro atoms. The third kappa shape index (κ3) is 3.30. The van der Waals surface area contributed by atoms with E-state index in [1.165, 1.54) is 30.3 Å². The molecule has 2 aromatic heterocycles. The van der Waals surface area contributed by atoms with Gasteiger partial charge in [0.2, 0.25) is 0 Å². The molecule has 0 aliphatic carbocycles. The highest BCUT2D eigenvalue weighted by Crippen LogP contribution is 2.33. The fraction of sp³-hybridized carbons (Fsp3) is 0.143. The summed E-state index contributed by atoms with van der Waals surface area (Å²) >= 11 is 0. The van der Waals surface area contributed by atoms with Gasteiger partial charge in [-0.1, -0.05) is 30.3 Å². The van der Waals surface area contributed by atoms with Crippen molar-refractivity contribution in [2.45, 2.75) is 19.9 Å². The molecule has 0 unspecified atom stereocenters. The fourth-order valence-corrected chi connectivity index (χ4v) is 3.19. The molecule has 3 nitrogen and oxygen atoms in total. The molecule has 0 atom stereocenters. The number of aryl methyl sites for hydroxylation is 1. The van der Waals surface area contributed by atoms with Gasteiger partial charge in [-0.2, -0.15) is 5.10 Å². The monoisotopic (exact) mass is 367 g/mol. The Balaban J connectivity index is 1.91. The Hall–Kier alpha value is -3.15. The van der Waals surface area contributed by atoms with Crippen LogP contribution in [0.25, 0.3) is 22.3 Å². The van der Waals surface area contributed by atoms with Gasteiger partial charge in [0.05, 0.1) is 23.3 Å². The molecular weight excluding hydrogens is 351 g/mol. The number of hydrogen-bond donors (Lipinski definition) is 0. The summed E-state index contributed by atoms with van der Waals surface area (Å²) in [5.41, 5.74) is 2.73. The van der Waals surface area contributed by atoms with Crippen LogP contribution in [0.1, 0.15) is 23.2 Å². The van der Waals surface area contributed by atoms with Crippen molar-refractivity contribution in [3.8, 4) is 11.3 Å². The smallest absolute Gasteiger partial charge is 0.243 e. The second-order valence-corrected chi connectivity index (χ2v) is 6.33. The first kappa shape index (κ1) is 17.3. The molecule has 0 radical (unpaired) electrons. The lowest BCUT2D eigenvalue weighted by molar-refractivity contribution is 0.153. The third-order valence-corrected chi connectivity index (χ3v) is 4.46. The molecular formula is C21H16F3N3. The predicted octanol–water partition coefficient (Wildman–Crippen LogP) is 5.53. The van der Waals surface area contributed by atoms with Gasteiger partial charge in [0.25, 0.3) is 6.43 Å². The molecule has 0 N–H and O–H groups in total. The van der Waals surface area contributed by atoms with Crippen LogP contribution in [-0.4, -0.2) is 14.8 Å². The Morgan fingerprint density at radius 1 is 1.00 bits per heavy atom. The van der Waals surface area contributed by atoms with E-state index in [-0.39, 0.29) is 11.4 Å². The first-order valence-electron chi connectivity index (χ1n) is 8.49. The number of rotatable bonds is 4. The molecule has 0 saturated carbocycles. The molecule has 4 aromatic rings.